The van der Waals surface area contributed by atoms with Crippen LogP contribution in [0.3, 0.4) is 0 Å². The third kappa shape index (κ3) is 2.90. The van der Waals surface area contributed by atoms with E-state index in [0.717, 1.165) is 5.69 Å². The zero-order valence-corrected chi connectivity index (χ0v) is 15.2. The summed E-state index contributed by atoms with van der Waals surface area (Å²) in [7, 11) is 0. The molecular weight excluding hydrogens is 328 g/mol. The number of nitrogens with one attached hydrogen (secondary N) is 1. The normalized spacial score (nSPS) is 18.8. The minimum absolute atomic E-state index is 0.0916. The van der Waals surface area contributed by atoms with Gasteiger partial charge in [0, 0.05) is 30.5 Å². The van der Waals surface area contributed by atoms with Crippen molar-refractivity contribution in [1.29, 1.82) is 0 Å². The quantitative estimate of drug-likeness (QED) is 0.843. The van der Waals surface area contributed by atoms with Crippen LogP contribution in [0.15, 0.2) is 54.6 Å². The van der Waals surface area contributed by atoms with Gasteiger partial charge in [-0.3, -0.25) is 14.4 Å². The Balaban J connectivity index is 2.12. The maximum absolute atomic E-state index is 13.4. The SMILES string of the molecule is CC(=O)NC1(CC(=O)c2ccccc2)C(=O)N(C(C)C)c2ccccc21. The Morgan fingerprint density at radius 3 is 2.27 bits per heavy atom. The summed E-state index contributed by atoms with van der Waals surface area (Å²) in [6, 6.07) is 16.1. The van der Waals surface area contributed by atoms with Gasteiger partial charge in [-0.05, 0) is 19.9 Å². The second kappa shape index (κ2) is 6.75. The number of fused-ring (bicyclic) bond motifs is 1. The number of carbonyl (C=O) groups excluding carboxylic acids is 3. The summed E-state index contributed by atoms with van der Waals surface area (Å²) in [6.07, 6.45) is -0.115. The first-order chi connectivity index (χ1) is 12.4. The average Bonchev–Trinajstić information content (AvgIpc) is 2.84. The third-order valence-electron chi connectivity index (χ3n) is 4.63. The molecule has 2 aromatic carbocycles. The van der Waals surface area contributed by atoms with Gasteiger partial charge in [0.1, 0.15) is 0 Å². The Bertz CT molecular complexity index is 861. The smallest absolute Gasteiger partial charge is 0.258 e. The highest BCUT2D eigenvalue weighted by Gasteiger charge is 2.53. The highest BCUT2D eigenvalue weighted by molar-refractivity contribution is 6.13. The van der Waals surface area contributed by atoms with Crippen molar-refractivity contribution in [2.45, 2.75) is 38.8 Å². The van der Waals surface area contributed by atoms with Gasteiger partial charge in [0.05, 0.1) is 5.69 Å². The molecule has 0 aliphatic carbocycles. The standard InChI is InChI=1S/C21H22N2O3/c1-14(2)23-18-12-8-7-11-17(18)21(20(23)26,22-15(3)24)13-19(25)16-9-5-4-6-10-16/h4-12,14H,13H2,1-3H3,(H,22,24). The lowest BCUT2D eigenvalue weighted by Crippen LogP contribution is -2.54. The van der Waals surface area contributed by atoms with E-state index in [1.807, 2.05) is 44.2 Å². The van der Waals surface area contributed by atoms with Crippen LogP contribution in [-0.2, 0) is 15.1 Å². The molecule has 26 heavy (non-hydrogen) atoms. The minimum Gasteiger partial charge on any atom is -0.338 e. The summed E-state index contributed by atoms with van der Waals surface area (Å²) in [5.41, 5.74) is 0.547. The van der Waals surface area contributed by atoms with E-state index in [1.165, 1.54) is 6.92 Å². The van der Waals surface area contributed by atoms with Crippen LogP contribution in [0.4, 0.5) is 5.69 Å². The molecule has 5 heteroatoms. The Labute approximate surface area is 153 Å². The number of hydrogen-bond donors (Lipinski definition) is 1. The third-order valence-corrected chi connectivity index (χ3v) is 4.63. The van der Waals surface area contributed by atoms with Gasteiger partial charge in [0.2, 0.25) is 5.91 Å². The number of amides is 2. The Morgan fingerprint density at radius 1 is 1.04 bits per heavy atom. The molecule has 0 saturated heterocycles. The number of para-hydroxylation sites is 1. The highest BCUT2D eigenvalue weighted by Crippen LogP contribution is 2.43. The number of benzene rings is 2. The van der Waals surface area contributed by atoms with E-state index in [1.54, 1.807) is 29.2 Å². The molecule has 0 aromatic heterocycles. The molecule has 0 radical (unpaired) electrons. The van der Waals surface area contributed by atoms with Crippen LogP contribution >= 0.6 is 0 Å². The van der Waals surface area contributed by atoms with E-state index < -0.39 is 5.54 Å². The largest absolute Gasteiger partial charge is 0.338 e. The summed E-state index contributed by atoms with van der Waals surface area (Å²) in [5.74, 6) is -0.805. The molecule has 2 aromatic rings. The average molecular weight is 350 g/mol. The van der Waals surface area contributed by atoms with Gasteiger partial charge in [-0.2, -0.15) is 0 Å². The number of Topliss-reactive ketones (excluding diaryl/α,β-unsaturated/α-hetero) is 1. The van der Waals surface area contributed by atoms with Crippen molar-refractivity contribution in [1.82, 2.24) is 5.32 Å². The van der Waals surface area contributed by atoms with E-state index in [2.05, 4.69) is 5.32 Å². The molecule has 0 saturated carbocycles. The molecule has 1 aliphatic rings. The molecule has 1 atom stereocenters. The van der Waals surface area contributed by atoms with Crippen LogP contribution in [0.1, 0.15) is 43.1 Å². The fourth-order valence-electron chi connectivity index (χ4n) is 3.59. The molecule has 0 fully saturated rings. The molecule has 0 bridgehead atoms. The first kappa shape index (κ1) is 17.9. The molecule has 1 unspecified atom stereocenters. The van der Waals surface area contributed by atoms with E-state index in [9.17, 15) is 14.4 Å². The molecule has 2 amide bonds. The van der Waals surface area contributed by atoms with Crippen LogP contribution < -0.4 is 10.2 Å². The van der Waals surface area contributed by atoms with E-state index in [-0.39, 0.29) is 30.1 Å². The predicted octanol–water partition coefficient (Wildman–Crippen LogP) is 3.05. The number of anilines is 1. The molecule has 5 nitrogen and oxygen atoms in total. The van der Waals surface area contributed by atoms with Crippen molar-refractivity contribution in [3.8, 4) is 0 Å². The zero-order valence-electron chi connectivity index (χ0n) is 15.2. The van der Waals surface area contributed by atoms with Crippen molar-refractivity contribution in [2.24, 2.45) is 0 Å². The number of ketones is 1. The van der Waals surface area contributed by atoms with Gasteiger partial charge < -0.3 is 10.2 Å². The van der Waals surface area contributed by atoms with Crippen LogP contribution in [0.5, 0.6) is 0 Å². The Hall–Kier alpha value is -2.95. The lowest BCUT2D eigenvalue weighted by Gasteiger charge is -2.30. The second-order valence-corrected chi connectivity index (χ2v) is 6.84. The van der Waals surface area contributed by atoms with Gasteiger partial charge >= 0.3 is 0 Å². The van der Waals surface area contributed by atoms with Crippen LogP contribution in [-0.4, -0.2) is 23.6 Å². The van der Waals surface area contributed by atoms with Crippen molar-refractivity contribution in [3.63, 3.8) is 0 Å². The maximum Gasteiger partial charge on any atom is 0.258 e. The lowest BCUT2D eigenvalue weighted by molar-refractivity contribution is -0.130. The molecular formula is C21H22N2O3. The predicted molar refractivity (Wildman–Crippen MR) is 99.9 cm³/mol. The van der Waals surface area contributed by atoms with E-state index >= 15 is 0 Å². The number of rotatable bonds is 5. The first-order valence-corrected chi connectivity index (χ1v) is 8.67. The monoisotopic (exact) mass is 350 g/mol. The summed E-state index contributed by atoms with van der Waals surface area (Å²) >= 11 is 0. The van der Waals surface area contributed by atoms with Crippen LogP contribution in [0, 0.1) is 0 Å². The van der Waals surface area contributed by atoms with Crippen LogP contribution in [0.25, 0.3) is 0 Å². The van der Waals surface area contributed by atoms with E-state index in [0.29, 0.717) is 11.1 Å². The molecule has 134 valence electrons. The summed E-state index contributed by atoms with van der Waals surface area (Å²) in [5, 5.41) is 2.80. The minimum atomic E-state index is -1.38. The number of carbonyl (C=O) groups is 3. The summed E-state index contributed by atoms with van der Waals surface area (Å²) in [4.78, 5) is 39.9. The van der Waals surface area contributed by atoms with Crippen molar-refractivity contribution < 1.29 is 14.4 Å². The zero-order chi connectivity index (χ0) is 18.9. The van der Waals surface area contributed by atoms with Gasteiger partial charge in [-0.1, -0.05) is 48.5 Å². The van der Waals surface area contributed by atoms with E-state index in [4.69, 9.17) is 0 Å². The molecule has 3 rings (SSSR count). The first-order valence-electron chi connectivity index (χ1n) is 8.67. The Morgan fingerprint density at radius 2 is 1.65 bits per heavy atom. The van der Waals surface area contributed by atoms with Crippen molar-refractivity contribution >= 4 is 23.3 Å². The number of nitrogens with zero attached hydrogens (tertiary/aromatic N) is 1. The summed E-state index contributed by atoms with van der Waals surface area (Å²) in [6.45, 7) is 5.19. The maximum atomic E-state index is 13.4. The Kier molecular flexibility index (Phi) is 4.64. The van der Waals surface area contributed by atoms with Crippen LogP contribution in [0.2, 0.25) is 0 Å². The fraction of sp³-hybridized carbons (Fsp3) is 0.286. The lowest BCUT2D eigenvalue weighted by atomic mass is 9.84. The topological polar surface area (TPSA) is 66.5 Å². The molecule has 1 heterocycles. The summed E-state index contributed by atoms with van der Waals surface area (Å²) < 4.78 is 0. The second-order valence-electron chi connectivity index (χ2n) is 6.84. The highest BCUT2D eigenvalue weighted by atomic mass is 16.2. The van der Waals surface area contributed by atoms with Gasteiger partial charge in [-0.15, -0.1) is 0 Å². The number of hydrogen-bond acceptors (Lipinski definition) is 3. The van der Waals surface area contributed by atoms with Crippen molar-refractivity contribution in [2.75, 3.05) is 4.90 Å². The molecule has 1 N–H and O–H groups in total. The van der Waals surface area contributed by atoms with Gasteiger partial charge in [0.25, 0.3) is 5.91 Å². The molecule has 1 aliphatic heterocycles. The van der Waals surface area contributed by atoms with Crippen molar-refractivity contribution in [3.05, 3.63) is 65.7 Å². The van der Waals surface area contributed by atoms with Gasteiger partial charge in [0.15, 0.2) is 11.3 Å². The fourth-order valence-corrected chi connectivity index (χ4v) is 3.59. The molecule has 0 spiro atoms. The van der Waals surface area contributed by atoms with Gasteiger partial charge in [-0.25, -0.2) is 0 Å².